The van der Waals surface area contributed by atoms with Gasteiger partial charge in [0.05, 0.1) is 32.4 Å². The third-order valence-electron chi connectivity index (χ3n) is 8.52. The third kappa shape index (κ3) is 9.44. The fourth-order valence-corrected chi connectivity index (χ4v) is 5.55. The van der Waals surface area contributed by atoms with E-state index in [9.17, 15) is 19.2 Å². The van der Waals surface area contributed by atoms with E-state index in [4.69, 9.17) is 14.0 Å². The first-order valence-electron chi connectivity index (χ1n) is 16.0. The van der Waals surface area contributed by atoms with Crippen molar-refractivity contribution >= 4 is 23.5 Å². The van der Waals surface area contributed by atoms with Crippen LogP contribution in [0.5, 0.6) is 0 Å². The van der Waals surface area contributed by atoms with Gasteiger partial charge in [-0.2, -0.15) is 0 Å². The third-order valence-corrected chi connectivity index (χ3v) is 8.52. The maximum Gasteiger partial charge on any atom is 0.274 e. The van der Waals surface area contributed by atoms with Crippen molar-refractivity contribution in [2.45, 2.75) is 83.1 Å². The highest BCUT2D eigenvalue weighted by Crippen LogP contribution is 2.34. The molecule has 3 heterocycles. The molecule has 244 valence electrons. The summed E-state index contributed by atoms with van der Waals surface area (Å²) in [6.45, 7) is 9.35. The van der Waals surface area contributed by atoms with Crippen LogP contribution >= 0.6 is 0 Å². The van der Waals surface area contributed by atoms with Gasteiger partial charge in [-0.05, 0) is 37.2 Å². The Morgan fingerprint density at radius 1 is 0.978 bits per heavy atom. The lowest BCUT2D eigenvalue weighted by atomic mass is 9.93. The van der Waals surface area contributed by atoms with Crippen molar-refractivity contribution in [2.75, 3.05) is 32.9 Å². The molecule has 0 spiro atoms. The highest BCUT2D eigenvalue weighted by atomic mass is 16.6. The van der Waals surface area contributed by atoms with Gasteiger partial charge >= 0.3 is 0 Å². The number of ether oxygens (including phenoxy) is 2. The average molecular weight is 624 g/mol. The van der Waals surface area contributed by atoms with Crippen LogP contribution in [0.3, 0.4) is 0 Å². The number of nitrogens with one attached hydrogen (secondary N) is 3. The van der Waals surface area contributed by atoms with Crippen molar-refractivity contribution in [1.29, 1.82) is 0 Å². The van der Waals surface area contributed by atoms with Crippen molar-refractivity contribution in [3.8, 4) is 0 Å². The van der Waals surface area contributed by atoms with E-state index in [2.05, 4.69) is 26.0 Å². The SMILES string of the molecule is CC(C)CC(NC(=O)C(Cc1ccccc1)NC(=O)C(CC1CC1)NC(=O)c1cc(CN2CCOCC2)on1)C(=O)C1(C)CO1. The minimum absolute atomic E-state index is 0.0938. The van der Waals surface area contributed by atoms with Gasteiger partial charge in [0.15, 0.2) is 17.2 Å². The molecular formula is C33H45N5O7. The van der Waals surface area contributed by atoms with E-state index in [1.807, 2.05) is 44.2 Å². The minimum Gasteiger partial charge on any atom is -0.379 e. The molecule has 1 saturated carbocycles. The first kappa shape index (κ1) is 32.8. The summed E-state index contributed by atoms with van der Waals surface area (Å²) in [4.78, 5) is 56.1. The lowest BCUT2D eigenvalue weighted by molar-refractivity contribution is -0.133. The molecule has 5 rings (SSSR count). The quantitative estimate of drug-likeness (QED) is 0.238. The predicted octanol–water partition coefficient (Wildman–Crippen LogP) is 2.02. The number of morpholine rings is 1. The molecule has 1 aliphatic carbocycles. The van der Waals surface area contributed by atoms with Crippen molar-refractivity contribution < 1.29 is 33.2 Å². The van der Waals surface area contributed by atoms with Gasteiger partial charge in [-0.15, -0.1) is 0 Å². The first-order chi connectivity index (χ1) is 21.6. The van der Waals surface area contributed by atoms with Gasteiger partial charge in [-0.3, -0.25) is 24.1 Å². The summed E-state index contributed by atoms with van der Waals surface area (Å²) in [5.41, 5.74) is 0.0463. The molecule has 45 heavy (non-hydrogen) atoms. The smallest absolute Gasteiger partial charge is 0.274 e. The normalized spacial score (nSPS) is 21.9. The van der Waals surface area contributed by atoms with Gasteiger partial charge in [0.1, 0.15) is 17.7 Å². The molecule has 3 fully saturated rings. The van der Waals surface area contributed by atoms with Crippen LogP contribution in [0.1, 0.15) is 68.3 Å². The minimum atomic E-state index is -0.971. The van der Waals surface area contributed by atoms with Crippen LogP contribution in [0.15, 0.2) is 40.9 Å². The number of amides is 3. The zero-order valence-electron chi connectivity index (χ0n) is 26.4. The van der Waals surface area contributed by atoms with E-state index >= 15 is 0 Å². The zero-order valence-corrected chi connectivity index (χ0v) is 26.4. The second-order valence-corrected chi connectivity index (χ2v) is 13.1. The zero-order chi connectivity index (χ0) is 32.0. The molecule has 3 amide bonds. The largest absolute Gasteiger partial charge is 0.379 e. The lowest BCUT2D eigenvalue weighted by Gasteiger charge is -2.26. The Bertz CT molecular complexity index is 1330. The van der Waals surface area contributed by atoms with Crippen LogP contribution in [-0.4, -0.2) is 90.2 Å². The van der Waals surface area contributed by atoms with Gasteiger partial charge < -0.3 is 29.9 Å². The summed E-state index contributed by atoms with van der Waals surface area (Å²) in [6.07, 6.45) is 3.05. The Hall–Kier alpha value is -3.61. The van der Waals surface area contributed by atoms with E-state index in [-0.39, 0.29) is 23.8 Å². The van der Waals surface area contributed by atoms with Crippen LogP contribution in [0.2, 0.25) is 0 Å². The number of ketones is 1. The second-order valence-electron chi connectivity index (χ2n) is 13.1. The van der Waals surface area contributed by atoms with E-state index < -0.39 is 41.4 Å². The van der Waals surface area contributed by atoms with Crippen LogP contribution in [0, 0.1) is 11.8 Å². The number of carbonyl (C=O) groups is 4. The predicted molar refractivity (Wildman–Crippen MR) is 164 cm³/mol. The summed E-state index contributed by atoms with van der Waals surface area (Å²) in [5.74, 6) is -0.604. The lowest BCUT2D eigenvalue weighted by Crippen LogP contribution is -2.57. The number of hydrogen-bond acceptors (Lipinski definition) is 9. The molecule has 4 atom stereocenters. The molecule has 0 bridgehead atoms. The number of epoxide rings is 1. The van der Waals surface area contributed by atoms with Gasteiger partial charge in [-0.1, -0.05) is 62.2 Å². The van der Waals surface area contributed by atoms with Crippen molar-refractivity contribution in [2.24, 2.45) is 11.8 Å². The summed E-state index contributed by atoms with van der Waals surface area (Å²) in [5, 5.41) is 12.6. The number of carbonyl (C=O) groups excluding carboxylic acids is 4. The first-order valence-corrected chi connectivity index (χ1v) is 16.0. The Kier molecular flexibility index (Phi) is 10.7. The monoisotopic (exact) mass is 623 g/mol. The summed E-state index contributed by atoms with van der Waals surface area (Å²) in [7, 11) is 0. The summed E-state index contributed by atoms with van der Waals surface area (Å²) in [6, 6.07) is 8.37. The standard InChI is InChI=1S/C33H45N5O7/c1-21(2)15-25(29(39)33(3)20-44-33)34-30(40)26(16-22-7-5-4-6-8-22)35-31(41)27(17-23-9-10-23)36-32(42)28-18-24(45-37-28)19-38-11-13-43-14-12-38/h4-8,18,21,23,25-27H,9-17,19-20H2,1-3H3,(H,34,40)(H,35,41)(H,36,42). The van der Waals surface area contributed by atoms with Crippen LogP contribution in [-0.2, 0) is 36.8 Å². The highest BCUT2D eigenvalue weighted by Gasteiger charge is 2.50. The van der Waals surface area contributed by atoms with E-state index in [1.165, 1.54) is 0 Å². The number of hydrogen-bond donors (Lipinski definition) is 3. The van der Waals surface area contributed by atoms with Crippen LogP contribution < -0.4 is 16.0 Å². The molecule has 2 aliphatic heterocycles. The summed E-state index contributed by atoms with van der Waals surface area (Å²) >= 11 is 0. The van der Waals surface area contributed by atoms with E-state index in [0.717, 1.165) is 31.5 Å². The van der Waals surface area contributed by atoms with Crippen LogP contribution in [0.25, 0.3) is 0 Å². The second kappa shape index (κ2) is 14.7. The van der Waals surface area contributed by atoms with Gasteiger partial charge in [0, 0.05) is 25.6 Å². The van der Waals surface area contributed by atoms with E-state index in [1.54, 1.807) is 13.0 Å². The number of benzene rings is 1. The number of nitrogens with zero attached hydrogens (tertiary/aromatic N) is 2. The molecule has 1 aromatic heterocycles. The number of aromatic nitrogens is 1. The van der Waals surface area contributed by atoms with Crippen molar-refractivity contribution in [1.82, 2.24) is 26.0 Å². The molecule has 0 radical (unpaired) electrons. The molecule has 3 aliphatic rings. The number of Topliss-reactive ketones (excluding diaryl/α,β-unsaturated/α-hetero) is 1. The Balaban J connectivity index is 1.27. The van der Waals surface area contributed by atoms with Gasteiger partial charge in [0.25, 0.3) is 5.91 Å². The van der Waals surface area contributed by atoms with Gasteiger partial charge in [-0.25, -0.2) is 0 Å². The molecule has 12 nitrogen and oxygen atoms in total. The molecule has 3 N–H and O–H groups in total. The topological polar surface area (TPSA) is 155 Å². The fourth-order valence-electron chi connectivity index (χ4n) is 5.55. The Morgan fingerprint density at radius 2 is 1.64 bits per heavy atom. The van der Waals surface area contributed by atoms with Crippen molar-refractivity contribution in [3.63, 3.8) is 0 Å². The molecular weight excluding hydrogens is 578 g/mol. The fraction of sp³-hybridized carbons (Fsp3) is 0.606. The van der Waals surface area contributed by atoms with Crippen LogP contribution in [0.4, 0.5) is 0 Å². The molecule has 4 unspecified atom stereocenters. The maximum atomic E-state index is 13.8. The van der Waals surface area contributed by atoms with E-state index in [0.29, 0.717) is 50.9 Å². The molecule has 12 heteroatoms. The Labute approximate surface area is 263 Å². The maximum absolute atomic E-state index is 13.8. The molecule has 2 aromatic rings. The van der Waals surface area contributed by atoms with Gasteiger partial charge in [0.2, 0.25) is 11.8 Å². The summed E-state index contributed by atoms with van der Waals surface area (Å²) < 4.78 is 16.2. The highest BCUT2D eigenvalue weighted by molar-refractivity contribution is 5.99. The molecule has 1 aromatic carbocycles. The van der Waals surface area contributed by atoms with Crippen molar-refractivity contribution in [3.05, 3.63) is 53.4 Å². The number of rotatable bonds is 16. The Morgan fingerprint density at radius 3 is 2.29 bits per heavy atom. The average Bonchev–Trinajstić information content (AvgIpc) is 3.95. The molecule has 2 saturated heterocycles.